The van der Waals surface area contributed by atoms with Gasteiger partial charge >= 0.3 is 5.97 Å². The first-order valence-electron chi connectivity index (χ1n) is 6.48. The lowest BCUT2D eigenvalue weighted by Crippen LogP contribution is -2.21. The number of hydrogen-bond acceptors (Lipinski definition) is 3. The largest absolute Gasteiger partial charge is 0.497 e. The lowest BCUT2D eigenvalue weighted by Gasteiger charge is -2.20. The molecule has 0 bridgehead atoms. The fourth-order valence-electron chi connectivity index (χ4n) is 2.35. The fourth-order valence-corrected chi connectivity index (χ4v) is 2.35. The van der Waals surface area contributed by atoms with Crippen molar-refractivity contribution < 1.29 is 14.6 Å². The molecule has 0 spiro atoms. The number of methoxy groups -OCH3 is 1. The Hall–Kier alpha value is -2.80. The van der Waals surface area contributed by atoms with Gasteiger partial charge in [0.15, 0.2) is 5.92 Å². The molecule has 106 valence electrons. The summed E-state index contributed by atoms with van der Waals surface area (Å²) in [5, 5.41) is 18.6. The van der Waals surface area contributed by atoms with Gasteiger partial charge in [-0.15, -0.1) is 0 Å². The minimum Gasteiger partial charge on any atom is -0.497 e. The summed E-state index contributed by atoms with van der Waals surface area (Å²) >= 11 is 0. The number of ether oxygens (including phenoxy) is 1. The normalized spacial score (nSPS) is 13.0. The molecule has 2 unspecified atom stereocenters. The summed E-state index contributed by atoms with van der Waals surface area (Å²) in [5.41, 5.74) is 1.54. The van der Waals surface area contributed by atoms with E-state index >= 15 is 0 Å². The van der Waals surface area contributed by atoms with Crippen LogP contribution < -0.4 is 4.74 Å². The molecule has 21 heavy (non-hydrogen) atoms. The van der Waals surface area contributed by atoms with Gasteiger partial charge in [-0.2, -0.15) is 5.26 Å². The zero-order chi connectivity index (χ0) is 15.2. The average Bonchev–Trinajstić information content (AvgIpc) is 2.53. The van der Waals surface area contributed by atoms with Gasteiger partial charge in [0.2, 0.25) is 0 Å². The number of nitriles is 1. The summed E-state index contributed by atoms with van der Waals surface area (Å²) in [4.78, 5) is 11.4. The van der Waals surface area contributed by atoms with Crippen LogP contribution >= 0.6 is 0 Å². The Morgan fingerprint density at radius 2 is 1.81 bits per heavy atom. The van der Waals surface area contributed by atoms with Gasteiger partial charge in [-0.05, 0) is 23.3 Å². The number of hydrogen-bond donors (Lipinski definition) is 1. The number of carbonyl (C=O) groups is 1. The predicted molar refractivity (Wildman–Crippen MR) is 78.0 cm³/mol. The molecule has 2 rings (SSSR count). The van der Waals surface area contributed by atoms with E-state index in [4.69, 9.17) is 4.74 Å². The molecule has 0 radical (unpaired) electrons. The molecule has 0 amide bonds. The number of carboxylic acid groups (broad SMARTS) is 1. The number of nitrogens with zero attached hydrogens (tertiary/aromatic N) is 1. The van der Waals surface area contributed by atoms with Gasteiger partial charge < -0.3 is 9.84 Å². The molecule has 1 N–H and O–H groups in total. The quantitative estimate of drug-likeness (QED) is 0.914. The Morgan fingerprint density at radius 3 is 2.38 bits per heavy atom. The second-order valence-corrected chi connectivity index (χ2v) is 4.61. The van der Waals surface area contributed by atoms with Gasteiger partial charge in [-0.1, -0.05) is 42.5 Å². The highest BCUT2D eigenvalue weighted by Gasteiger charge is 2.31. The van der Waals surface area contributed by atoms with Gasteiger partial charge in [0.25, 0.3) is 0 Å². The average molecular weight is 281 g/mol. The zero-order valence-electron chi connectivity index (χ0n) is 11.6. The van der Waals surface area contributed by atoms with Crippen LogP contribution in [0.3, 0.4) is 0 Å². The van der Waals surface area contributed by atoms with E-state index in [9.17, 15) is 15.2 Å². The maximum Gasteiger partial charge on any atom is 0.321 e. The molecule has 0 fully saturated rings. The van der Waals surface area contributed by atoms with E-state index in [0.717, 1.165) is 11.1 Å². The monoisotopic (exact) mass is 281 g/mol. The van der Waals surface area contributed by atoms with Crippen LogP contribution in [0.1, 0.15) is 17.0 Å². The van der Waals surface area contributed by atoms with Crippen LogP contribution in [0.5, 0.6) is 5.75 Å². The molecular weight excluding hydrogens is 266 g/mol. The first-order chi connectivity index (χ1) is 10.2. The standard InChI is InChI=1S/C17H15NO3/c1-21-14-9-5-8-13(10-14)16(15(11-18)17(19)20)12-6-3-2-4-7-12/h2-10,15-16H,1H3,(H,19,20). The van der Waals surface area contributed by atoms with Gasteiger partial charge in [0, 0.05) is 5.92 Å². The Kier molecular flexibility index (Phi) is 4.57. The van der Waals surface area contributed by atoms with Crippen LogP contribution in [-0.4, -0.2) is 18.2 Å². The van der Waals surface area contributed by atoms with E-state index in [2.05, 4.69) is 0 Å². The maximum atomic E-state index is 11.4. The van der Waals surface area contributed by atoms with E-state index in [1.807, 2.05) is 42.5 Å². The SMILES string of the molecule is COc1cccc(C(c2ccccc2)C(C#N)C(=O)O)c1. The smallest absolute Gasteiger partial charge is 0.321 e. The van der Waals surface area contributed by atoms with Gasteiger partial charge in [-0.25, -0.2) is 0 Å². The van der Waals surface area contributed by atoms with Crippen LogP contribution in [-0.2, 0) is 4.79 Å². The van der Waals surface area contributed by atoms with Crippen LogP contribution in [0.25, 0.3) is 0 Å². The highest BCUT2D eigenvalue weighted by molar-refractivity contribution is 5.75. The van der Waals surface area contributed by atoms with Gasteiger partial charge in [0.05, 0.1) is 13.2 Å². The third-order valence-electron chi connectivity index (χ3n) is 3.35. The number of benzene rings is 2. The van der Waals surface area contributed by atoms with Crippen LogP contribution in [0, 0.1) is 17.2 Å². The van der Waals surface area contributed by atoms with Crippen molar-refractivity contribution in [2.45, 2.75) is 5.92 Å². The number of carboxylic acids is 1. The topological polar surface area (TPSA) is 70.3 Å². The van der Waals surface area contributed by atoms with Gasteiger partial charge in [-0.3, -0.25) is 4.79 Å². The molecule has 4 heteroatoms. The Labute approximate surface area is 123 Å². The zero-order valence-corrected chi connectivity index (χ0v) is 11.6. The summed E-state index contributed by atoms with van der Waals surface area (Å²) in [7, 11) is 1.55. The molecule has 0 heterocycles. The maximum absolute atomic E-state index is 11.4. The van der Waals surface area contributed by atoms with Crippen molar-refractivity contribution in [3.05, 3.63) is 65.7 Å². The molecule has 0 aliphatic heterocycles. The fraction of sp³-hybridized carbons (Fsp3) is 0.176. The molecule has 0 saturated heterocycles. The van der Waals surface area contributed by atoms with E-state index in [-0.39, 0.29) is 0 Å². The summed E-state index contributed by atoms with van der Waals surface area (Å²) in [6.07, 6.45) is 0. The molecule has 2 atom stereocenters. The summed E-state index contributed by atoms with van der Waals surface area (Å²) in [6.45, 7) is 0. The van der Waals surface area contributed by atoms with E-state index < -0.39 is 17.8 Å². The molecular formula is C17H15NO3. The van der Waals surface area contributed by atoms with Crippen molar-refractivity contribution in [1.29, 1.82) is 5.26 Å². The van der Waals surface area contributed by atoms with Crippen LogP contribution in [0.15, 0.2) is 54.6 Å². The Bertz CT molecular complexity index is 661. The van der Waals surface area contributed by atoms with E-state index in [1.165, 1.54) is 0 Å². The third kappa shape index (κ3) is 3.21. The highest BCUT2D eigenvalue weighted by atomic mass is 16.5. The summed E-state index contributed by atoms with van der Waals surface area (Å²) in [5.74, 6) is -2.19. The molecule has 2 aromatic rings. The molecule has 0 saturated carbocycles. The highest BCUT2D eigenvalue weighted by Crippen LogP contribution is 2.33. The third-order valence-corrected chi connectivity index (χ3v) is 3.35. The predicted octanol–water partition coefficient (Wildman–Crippen LogP) is 3.05. The lowest BCUT2D eigenvalue weighted by atomic mass is 9.81. The lowest BCUT2D eigenvalue weighted by molar-refractivity contribution is -0.140. The summed E-state index contributed by atoms with van der Waals surface area (Å²) in [6, 6.07) is 18.2. The van der Waals surface area contributed by atoms with Gasteiger partial charge in [0.1, 0.15) is 5.75 Å². The molecule has 4 nitrogen and oxygen atoms in total. The van der Waals surface area contributed by atoms with Crippen molar-refractivity contribution in [2.75, 3.05) is 7.11 Å². The second-order valence-electron chi connectivity index (χ2n) is 4.61. The Balaban J connectivity index is 2.55. The Morgan fingerprint density at radius 1 is 1.14 bits per heavy atom. The second kappa shape index (κ2) is 6.58. The van der Waals surface area contributed by atoms with Crippen molar-refractivity contribution >= 4 is 5.97 Å². The minimum atomic E-state index is -1.15. The molecule has 0 aliphatic carbocycles. The van der Waals surface area contributed by atoms with Crippen LogP contribution in [0.2, 0.25) is 0 Å². The van der Waals surface area contributed by atoms with Crippen molar-refractivity contribution in [3.63, 3.8) is 0 Å². The van der Waals surface area contributed by atoms with Crippen molar-refractivity contribution in [1.82, 2.24) is 0 Å². The summed E-state index contributed by atoms with van der Waals surface area (Å²) < 4.78 is 5.18. The number of aliphatic carboxylic acids is 1. The molecule has 0 aliphatic rings. The first kappa shape index (κ1) is 14.6. The number of rotatable bonds is 5. The van der Waals surface area contributed by atoms with Crippen molar-refractivity contribution in [3.8, 4) is 11.8 Å². The first-order valence-corrected chi connectivity index (χ1v) is 6.48. The van der Waals surface area contributed by atoms with Crippen LogP contribution in [0.4, 0.5) is 0 Å². The molecule has 2 aromatic carbocycles. The molecule has 0 aromatic heterocycles. The van der Waals surface area contributed by atoms with E-state index in [1.54, 1.807) is 25.3 Å². The minimum absolute atomic E-state index is 0.538. The van der Waals surface area contributed by atoms with Crippen molar-refractivity contribution in [2.24, 2.45) is 5.92 Å². The van der Waals surface area contributed by atoms with E-state index in [0.29, 0.717) is 5.75 Å².